The predicted molar refractivity (Wildman–Crippen MR) is 120 cm³/mol. The fourth-order valence-electron chi connectivity index (χ4n) is 4.17. The number of hydrogen-bond acceptors (Lipinski definition) is 5. The Morgan fingerprint density at radius 3 is 2.10 bits per heavy atom. The van der Waals surface area contributed by atoms with E-state index in [0.717, 1.165) is 51.3 Å². The van der Waals surface area contributed by atoms with Crippen LogP contribution >= 0.6 is 0 Å². The number of rotatable bonds is 5. The first-order valence-electron chi connectivity index (χ1n) is 11.3. The maximum Gasteiger partial charge on any atom is 0.410 e. The monoisotopic (exact) mass is 431 g/mol. The summed E-state index contributed by atoms with van der Waals surface area (Å²) in [6.07, 6.45) is 2.07. The highest BCUT2D eigenvalue weighted by atomic mass is 16.6. The lowest BCUT2D eigenvalue weighted by molar-refractivity contribution is -0.134. The van der Waals surface area contributed by atoms with Gasteiger partial charge in [-0.3, -0.25) is 9.69 Å². The van der Waals surface area contributed by atoms with Gasteiger partial charge in [0, 0.05) is 52.2 Å². The van der Waals surface area contributed by atoms with Crippen LogP contribution in [0.25, 0.3) is 0 Å². The summed E-state index contributed by atoms with van der Waals surface area (Å²) in [5.74, 6) is 1.47. The molecule has 7 heteroatoms. The van der Waals surface area contributed by atoms with Gasteiger partial charge in [-0.1, -0.05) is 12.1 Å². The van der Waals surface area contributed by atoms with Gasteiger partial charge in [-0.05, 0) is 57.2 Å². The number of carbonyl (C=O) groups excluding carboxylic acids is 2. The molecule has 0 atom stereocenters. The van der Waals surface area contributed by atoms with Gasteiger partial charge in [0.25, 0.3) is 0 Å². The molecule has 0 unspecified atom stereocenters. The van der Waals surface area contributed by atoms with Gasteiger partial charge in [-0.25, -0.2) is 4.79 Å². The van der Waals surface area contributed by atoms with Crippen LogP contribution in [0.3, 0.4) is 0 Å². The molecule has 2 aliphatic rings. The Balaban J connectivity index is 1.37. The van der Waals surface area contributed by atoms with Crippen LogP contribution in [0.5, 0.6) is 5.75 Å². The SMILES string of the molecule is COc1ccc(CN2CCN(C(=O)CC3CCN(C(=O)OC(C)(C)C)CC3)CC2)cc1. The van der Waals surface area contributed by atoms with Crippen LogP contribution in [0.4, 0.5) is 4.79 Å². The van der Waals surface area contributed by atoms with Crippen molar-refractivity contribution in [3.05, 3.63) is 29.8 Å². The highest BCUT2D eigenvalue weighted by Gasteiger charge is 2.29. The summed E-state index contributed by atoms with van der Waals surface area (Å²) in [5.41, 5.74) is 0.789. The van der Waals surface area contributed by atoms with E-state index in [9.17, 15) is 9.59 Å². The molecule has 2 saturated heterocycles. The molecule has 7 nitrogen and oxygen atoms in total. The highest BCUT2D eigenvalue weighted by Crippen LogP contribution is 2.23. The topological polar surface area (TPSA) is 62.3 Å². The van der Waals surface area contributed by atoms with Gasteiger partial charge in [0.15, 0.2) is 0 Å². The molecule has 2 heterocycles. The fraction of sp³-hybridized carbons (Fsp3) is 0.667. The molecule has 0 aromatic heterocycles. The van der Waals surface area contributed by atoms with Gasteiger partial charge in [-0.2, -0.15) is 0 Å². The molecule has 31 heavy (non-hydrogen) atoms. The molecule has 2 aliphatic heterocycles. The quantitative estimate of drug-likeness (QED) is 0.715. The van der Waals surface area contributed by atoms with Crippen molar-refractivity contribution in [3.8, 4) is 5.75 Å². The second-order valence-corrected chi connectivity index (χ2v) is 9.62. The van der Waals surface area contributed by atoms with Crippen molar-refractivity contribution in [2.75, 3.05) is 46.4 Å². The number of benzene rings is 1. The van der Waals surface area contributed by atoms with Crippen LogP contribution in [-0.2, 0) is 16.1 Å². The minimum absolute atomic E-state index is 0.245. The molecule has 0 spiro atoms. The second kappa shape index (κ2) is 10.4. The summed E-state index contributed by atoms with van der Waals surface area (Å²) in [5, 5.41) is 0. The molecule has 1 aromatic carbocycles. The molecule has 1 aromatic rings. The summed E-state index contributed by atoms with van der Waals surface area (Å²) in [6.45, 7) is 11.2. The van der Waals surface area contributed by atoms with Gasteiger partial charge in [-0.15, -0.1) is 0 Å². The second-order valence-electron chi connectivity index (χ2n) is 9.62. The normalized spacial score (nSPS) is 18.7. The van der Waals surface area contributed by atoms with E-state index in [2.05, 4.69) is 17.0 Å². The molecule has 0 N–H and O–H groups in total. The van der Waals surface area contributed by atoms with Crippen molar-refractivity contribution < 1.29 is 19.1 Å². The first-order valence-corrected chi connectivity index (χ1v) is 11.3. The Hall–Kier alpha value is -2.28. The minimum atomic E-state index is -0.473. The molecule has 0 bridgehead atoms. The number of amides is 2. The number of nitrogens with zero attached hydrogens (tertiary/aromatic N) is 3. The molecule has 2 fully saturated rings. The third-order valence-corrected chi connectivity index (χ3v) is 6.02. The van der Waals surface area contributed by atoms with Gasteiger partial charge in [0.1, 0.15) is 11.4 Å². The fourth-order valence-corrected chi connectivity index (χ4v) is 4.17. The molecule has 0 radical (unpaired) electrons. The number of ether oxygens (including phenoxy) is 2. The first kappa shape index (κ1) is 23.4. The molecular weight excluding hydrogens is 394 g/mol. The van der Waals surface area contributed by atoms with Gasteiger partial charge in [0.2, 0.25) is 5.91 Å². The lowest BCUT2D eigenvalue weighted by Gasteiger charge is -2.37. The molecule has 172 valence electrons. The first-order chi connectivity index (χ1) is 14.7. The van der Waals surface area contributed by atoms with Crippen molar-refractivity contribution in [1.82, 2.24) is 14.7 Å². The Morgan fingerprint density at radius 1 is 0.935 bits per heavy atom. The third-order valence-electron chi connectivity index (χ3n) is 6.02. The standard InChI is InChI=1S/C24H37N3O4/c1-24(2,3)31-23(29)27-11-9-19(10-12-27)17-22(28)26-15-13-25(14-16-26)18-20-5-7-21(30-4)8-6-20/h5-8,19H,9-18H2,1-4H3. The third kappa shape index (κ3) is 7.13. The van der Waals surface area contributed by atoms with Gasteiger partial charge in [0.05, 0.1) is 7.11 Å². The maximum absolute atomic E-state index is 12.8. The Bertz CT molecular complexity index is 728. The van der Waals surface area contributed by atoms with E-state index >= 15 is 0 Å². The predicted octanol–water partition coefficient (Wildman–Crippen LogP) is 3.38. The smallest absolute Gasteiger partial charge is 0.410 e. The number of likely N-dealkylation sites (tertiary alicyclic amines) is 1. The van der Waals surface area contributed by atoms with Crippen LogP contribution < -0.4 is 4.74 Å². The zero-order valence-electron chi connectivity index (χ0n) is 19.4. The lowest BCUT2D eigenvalue weighted by atomic mass is 9.93. The number of piperazine rings is 1. The van der Waals surface area contributed by atoms with Gasteiger partial charge >= 0.3 is 6.09 Å². The zero-order valence-corrected chi connectivity index (χ0v) is 19.4. The summed E-state index contributed by atoms with van der Waals surface area (Å²) in [4.78, 5) is 31.2. The number of hydrogen-bond donors (Lipinski definition) is 0. The van der Waals surface area contributed by atoms with Crippen LogP contribution in [0.1, 0.15) is 45.6 Å². The maximum atomic E-state index is 12.8. The van der Waals surface area contributed by atoms with E-state index in [-0.39, 0.29) is 12.0 Å². The van der Waals surface area contributed by atoms with Crippen LogP contribution in [-0.4, -0.2) is 78.7 Å². The largest absolute Gasteiger partial charge is 0.497 e. The van der Waals surface area contributed by atoms with E-state index in [0.29, 0.717) is 25.4 Å². The summed E-state index contributed by atoms with van der Waals surface area (Å²) < 4.78 is 10.7. The minimum Gasteiger partial charge on any atom is -0.497 e. The Morgan fingerprint density at radius 2 is 1.55 bits per heavy atom. The Kier molecular flexibility index (Phi) is 7.81. The van der Waals surface area contributed by atoms with Crippen molar-refractivity contribution in [2.45, 2.75) is 52.2 Å². The molecule has 3 rings (SSSR count). The van der Waals surface area contributed by atoms with E-state index < -0.39 is 5.60 Å². The van der Waals surface area contributed by atoms with E-state index in [1.807, 2.05) is 37.8 Å². The Labute approximate surface area is 186 Å². The van der Waals surface area contributed by atoms with E-state index in [4.69, 9.17) is 9.47 Å². The molecule has 0 saturated carbocycles. The summed E-state index contributed by atoms with van der Waals surface area (Å²) in [7, 11) is 1.68. The molecule has 2 amide bonds. The van der Waals surface area contributed by atoms with Crippen LogP contribution in [0.2, 0.25) is 0 Å². The number of piperidine rings is 1. The lowest BCUT2D eigenvalue weighted by Crippen LogP contribution is -2.49. The summed E-state index contributed by atoms with van der Waals surface area (Å²) in [6, 6.07) is 8.17. The zero-order chi connectivity index (χ0) is 22.4. The summed E-state index contributed by atoms with van der Waals surface area (Å²) >= 11 is 0. The average Bonchev–Trinajstić information content (AvgIpc) is 2.74. The van der Waals surface area contributed by atoms with Gasteiger partial charge < -0.3 is 19.3 Å². The molecule has 0 aliphatic carbocycles. The van der Waals surface area contributed by atoms with Crippen LogP contribution in [0.15, 0.2) is 24.3 Å². The van der Waals surface area contributed by atoms with Crippen molar-refractivity contribution in [2.24, 2.45) is 5.92 Å². The average molecular weight is 432 g/mol. The highest BCUT2D eigenvalue weighted by molar-refractivity contribution is 5.76. The molecular formula is C24H37N3O4. The van der Waals surface area contributed by atoms with Crippen molar-refractivity contribution >= 4 is 12.0 Å². The van der Waals surface area contributed by atoms with E-state index in [1.165, 1.54) is 5.56 Å². The van der Waals surface area contributed by atoms with E-state index in [1.54, 1.807) is 12.0 Å². The van der Waals surface area contributed by atoms with Crippen LogP contribution in [0, 0.1) is 5.92 Å². The van der Waals surface area contributed by atoms with Crippen molar-refractivity contribution in [1.29, 1.82) is 0 Å². The number of carbonyl (C=O) groups is 2. The van der Waals surface area contributed by atoms with Crippen molar-refractivity contribution in [3.63, 3.8) is 0 Å². The number of methoxy groups -OCH3 is 1.